The van der Waals surface area contributed by atoms with Crippen molar-refractivity contribution >= 4 is 30.9 Å². The average Bonchev–Trinajstić information content (AvgIpc) is 2.30. The zero-order valence-corrected chi connectivity index (χ0v) is 13.6. The van der Waals surface area contributed by atoms with Crippen LogP contribution in [0.5, 0.6) is 0 Å². The van der Waals surface area contributed by atoms with Crippen LogP contribution in [0.2, 0.25) is 0 Å². The van der Waals surface area contributed by atoms with Gasteiger partial charge in [0.1, 0.15) is 0 Å². The van der Waals surface area contributed by atoms with Crippen LogP contribution in [-0.2, 0) is 0 Å². The molecular weight excluding hydrogens is 224 g/mol. The molecule has 0 aliphatic heterocycles. The molecule has 0 saturated heterocycles. The second-order valence-corrected chi connectivity index (χ2v) is 6.03. The first-order valence-electron chi connectivity index (χ1n) is 5.40. The molecule has 0 spiro atoms. The molecule has 0 N–H and O–H groups in total. The van der Waals surface area contributed by atoms with Crippen molar-refractivity contribution in [1.29, 1.82) is 0 Å². The number of rotatable bonds is 0. The van der Waals surface area contributed by atoms with Gasteiger partial charge < -0.3 is 0 Å². The van der Waals surface area contributed by atoms with Gasteiger partial charge in [0.15, 0.2) is 0 Å². The minimum Gasteiger partial charge on any atom is -0.0628 e. The molecule has 0 saturated carbocycles. The lowest BCUT2D eigenvalue weighted by Crippen LogP contribution is -2.08. The fourth-order valence-electron chi connectivity index (χ4n) is 1.56. The molecule has 0 atom stereocenters. The first kappa shape index (κ1) is 10.9. The minimum absolute atomic E-state index is 1.06. The highest BCUT2D eigenvalue weighted by Crippen LogP contribution is 1.95. The Morgan fingerprint density at radius 1 is 0.625 bits per heavy atom. The minimum atomic E-state index is 1.06. The van der Waals surface area contributed by atoms with Gasteiger partial charge in [-0.15, -0.1) is 0 Å². The molecule has 78 valence electrons. The second kappa shape index (κ2) is 4.97. The molecule has 0 aliphatic rings. The van der Waals surface area contributed by atoms with E-state index < -0.39 is 0 Å². The van der Waals surface area contributed by atoms with Crippen molar-refractivity contribution in [3.05, 3.63) is 59.7 Å². The Morgan fingerprint density at radius 3 is 1.38 bits per heavy atom. The predicted molar refractivity (Wildman–Crippen MR) is 78.0 cm³/mol. The highest BCUT2D eigenvalue weighted by Gasteiger charge is 1.92. The van der Waals surface area contributed by atoms with Gasteiger partial charge in [-0.25, -0.2) is 0 Å². The standard InChI is InChI=1S/C14H14Si2/c15-13-7-3-1-5-11(13)9-10-12-6-2-4-8-14(12)16/h1-8H,15-16H3. The van der Waals surface area contributed by atoms with E-state index in [0.717, 1.165) is 20.5 Å². The van der Waals surface area contributed by atoms with Crippen molar-refractivity contribution < 1.29 is 0 Å². The Kier molecular flexibility index (Phi) is 3.40. The van der Waals surface area contributed by atoms with E-state index >= 15 is 0 Å². The van der Waals surface area contributed by atoms with Gasteiger partial charge in [0.25, 0.3) is 0 Å². The zero-order chi connectivity index (χ0) is 11.4. The molecule has 0 amide bonds. The first-order valence-corrected chi connectivity index (χ1v) is 7.40. The molecule has 0 aromatic heterocycles. The fourth-order valence-corrected chi connectivity index (χ4v) is 2.53. The summed E-state index contributed by atoms with van der Waals surface area (Å²) in [6, 6.07) is 16.8. The fraction of sp³-hybridized carbons (Fsp3) is 0. The van der Waals surface area contributed by atoms with Crippen LogP contribution >= 0.6 is 0 Å². The van der Waals surface area contributed by atoms with Crippen LogP contribution in [0.25, 0.3) is 0 Å². The van der Waals surface area contributed by atoms with Crippen molar-refractivity contribution in [2.45, 2.75) is 0 Å². The Morgan fingerprint density at radius 2 is 1.00 bits per heavy atom. The van der Waals surface area contributed by atoms with Crippen molar-refractivity contribution in [1.82, 2.24) is 0 Å². The van der Waals surface area contributed by atoms with Gasteiger partial charge in [0, 0.05) is 31.6 Å². The molecule has 16 heavy (non-hydrogen) atoms. The molecule has 0 fully saturated rings. The van der Waals surface area contributed by atoms with Gasteiger partial charge >= 0.3 is 0 Å². The van der Waals surface area contributed by atoms with Crippen LogP contribution in [0.4, 0.5) is 0 Å². The van der Waals surface area contributed by atoms with E-state index in [9.17, 15) is 0 Å². The van der Waals surface area contributed by atoms with E-state index in [1.165, 1.54) is 21.5 Å². The largest absolute Gasteiger partial charge is 0.0628 e. The molecule has 0 heterocycles. The maximum Gasteiger partial charge on any atom is 0.0401 e. The maximum atomic E-state index is 3.28. The summed E-state index contributed by atoms with van der Waals surface area (Å²) in [5.41, 5.74) is 2.36. The Hall–Kier alpha value is -1.57. The van der Waals surface area contributed by atoms with Crippen LogP contribution in [0, 0.1) is 11.8 Å². The normalized spacial score (nSPS) is 9.75. The monoisotopic (exact) mass is 238 g/mol. The van der Waals surface area contributed by atoms with Gasteiger partial charge in [0.05, 0.1) is 0 Å². The predicted octanol–water partition coefficient (Wildman–Crippen LogP) is -0.932. The highest BCUT2D eigenvalue weighted by molar-refractivity contribution is 6.34. The molecule has 0 unspecified atom stereocenters. The summed E-state index contributed by atoms with van der Waals surface area (Å²) >= 11 is 0. The van der Waals surface area contributed by atoms with E-state index in [4.69, 9.17) is 0 Å². The topological polar surface area (TPSA) is 0 Å². The van der Waals surface area contributed by atoms with Crippen molar-refractivity contribution in [3.8, 4) is 11.8 Å². The summed E-state index contributed by atoms with van der Waals surface area (Å²) in [6.45, 7) is 0. The summed E-state index contributed by atoms with van der Waals surface area (Å²) in [6.07, 6.45) is 0. The molecule has 0 radical (unpaired) electrons. The van der Waals surface area contributed by atoms with Crippen molar-refractivity contribution in [3.63, 3.8) is 0 Å². The average molecular weight is 238 g/mol. The lowest BCUT2D eigenvalue weighted by Gasteiger charge is -1.97. The Labute approximate surface area is 103 Å². The summed E-state index contributed by atoms with van der Waals surface area (Å²) in [4.78, 5) is 0. The molecule has 2 aromatic rings. The van der Waals surface area contributed by atoms with Crippen LogP contribution < -0.4 is 10.4 Å². The Bertz CT molecular complexity index is 513. The first-order chi connectivity index (χ1) is 7.77. The molecule has 2 rings (SSSR count). The quantitative estimate of drug-likeness (QED) is 0.411. The third-order valence-corrected chi connectivity index (χ3v) is 4.37. The molecule has 0 aliphatic carbocycles. The lowest BCUT2D eigenvalue weighted by molar-refractivity contribution is 1.68. The molecule has 0 nitrogen and oxygen atoms in total. The lowest BCUT2D eigenvalue weighted by atomic mass is 10.2. The van der Waals surface area contributed by atoms with E-state index in [-0.39, 0.29) is 0 Å². The smallest absolute Gasteiger partial charge is 0.0401 e. The molecular formula is C14H14Si2. The van der Waals surface area contributed by atoms with E-state index in [0.29, 0.717) is 0 Å². The number of benzene rings is 2. The third kappa shape index (κ3) is 2.51. The van der Waals surface area contributed by atoms with Gasteiger partial charge in [0.2, 0.25) is 0 Å². The Balaban J connectivity index is 2.36. The molecule has 2 heteroatoms. The van der Waals surface area contributed by atoms with E-state index in [1.807, 2.05) is 0 Å². The summed E-state index contributed by atoms with van der Waals surface area (Å²) in [5, 5.41) is 2.75. The van der Waals surface area contributed by atoms with E-state index in [1.54, 1.807) is 0 Å². The van der Waals surface area contributed by atoms with E-state index in [2.05, 4.69) is 60.4 Å². The number of hydrogen-bond acceptors (Lipinski definition) is 0. The van der Waals surface area contributed by atoms with Crippen LogP contribution in [-0.4, -0.2) is 20.5 Å². The van der Waals surface area contributed by atoms with Gasteiger partial charge in [-0.3, -0.25) is 0 Å². The third-order valence-electron chi connectivity index (χ3n) is 2.62. The van der Waals surface area contributed by atoms with Crippen molar-refractivity contribution in [2.24, 2.45) is 0 Å². The number of hydrogen-bond donors (Lipinski definition) is 0. The maximum absolute atomic E-state index is 3.28. The van der Waals surface area contributed by atoms with Crippen LogP contribution in [0.3, 0.4) is 0 Å². The van der Waals surface area contributed by atoms with Crippen LogP contribution in [0.1, 0.15) is 11.1 Å². The summed E-state index contributed by atoms with van der Waals surface area (Å²) < 4.78 is 0. The summed E-state index contributed by atoms with van der Waals surface area (Å²) in [7, 11) is 2.11. The highest BCUT2D eigenvalue weighted by atomic mass is 28.1. The van der Waals surface area contributed by atoms with Gasteiger partial charge in [-0.1, -0.05) is 58.6 Å². The second-order valence-electron chi connectivity index (χ2n) is 3.88. The molecule has 2 aromatic carbocycles. The summed E-state index contributed by atoms with van der Waals surface area (Å²) in [5.74, 6) is 6.55. The molecule has 0 bridgehead atoms. The van der Waals surface area contributed by atoms with Gasteiger partial charge in [-0.05, 0) is 12.1 Å². The van der Waals surface area contributed by atoms with Crippen molar-refractivity contribution in [2.75, 3.05) is 0 Å². The van der Waals surface area contributed by atoms with Gasteiger partial charge in [-0.2, -0.15) is 0 Å². The zero-order valence-electron chi connectivity index (χ0n) is 9.62. The van der Waals surface area contributed by atoms with Crippen LogP contribution in [0.15, 0.2) is 48.5 Å². The SMILES string of the molecule is [SiH3]c1ccccc1C#Cc1ccccc1[SiH3].